The van der Waals surface area contributed by atoms with Crippen molar-refractivity contribution in [3.05, 3.63) is 29.8 Å². The van der Waals surface area contributed by atoms with Crippen LogP contribution in [0.4, 0.5) is 5.69 Å². The molecule has 0 aliphatic heterocycles. The second-order valence-corrected chi connectivity index (χ2v) is 3.17. The zero-order valence-corrected chi connectivity index (χ0v) is 9.07. The highest BCUT2D eigenvalue weighted by Crippen LogP contribution is 2.18. The lowest BCUT2D eigenvalue weighted by atomic mass is 10.1. The minimum Gasteiger partial charge on any atom is -0.355 e. The molecule has 0 bridgehead atoms. The largest absolute Gasteiger partial charge is 0.355 e. The highest BCUT2D eigenvalue weighted by Gasteiger charge is 2.14. The fourth-order valence-corrected chi connectivity index (χ4v) is 1.26. The first-order valence-corrected chi connectivity index (χ1v) is 4.63. The first-order chi connectivity index (χ1) is 7.07. The van der Waals surface area contributed by atoms with Gasteiger partial charge in [0.1, 0.15) is 0 Å². The Kier molecular flexibility index (Phi) is 3.44. The quantitative estimate of drug-likeness (QED) is 0.785. The third kappa shape index (κ3) is 2.34. The molecule has 0 unspecified atom stereocenters. The van der Waals surface area contributed by atoms with Gasteiger partial charge in [0.25, 0.3) is 5.91 Å². The molecule has 0 heterocycles. The topological polar surface area (TPSA) is 49.4 Å². The summed E-state index contributed by atoms with van der Waals surface area (Å²) in [5.74, 6) is -0.301. The molecule has 0 saturated carbocycles. The van der Waals surface area contributed by atoms with E-state index < -0.39 is 0 Å². The van der Waals surface area contributed by atoms with Crippen LogP contribution in [-0.4, -0.2) is 25.9 Å². The van der Waals surface area contributed by atoms with Gasteiger partial charge in [-0.15, -0.1) is 0 Å². The van der Waals surface area contributed by atoms with Gasteiger partial charge in [-0.3, -0.25) is 9.59 Å². The molecule has 0 fully saturated rings. The molecule has 0 radical (unpaired) electrons. The van der Waals surface area contributed by atoms with Crippen molar-refractivity contribution in [2.24, 2.45) is 0 Å². The van der Waals surface area contributed by atoms with Gasteiger partial charge in [0.15, 0.2) is 0 Å². The predicted molar refractivity (Wildman–Crippen MR) is 58.9 cm³/mol. The molecule has 0 aliphatic carbocycles. The van der Waals surface area contributed by atoms with Crippen molar-refractivity contribution in [3.8, 4) is 0 Å². The van der Waals surface area contributed by atoms with Gasteiger partial charge in [-0.25, -0.2) is 0 Å². The van der Waals surface area contributed by atoms with E-state index in [1.54, 1.807) is 38.4 Å². The monoisotopic (exact) mass is 206 g/mol. The van der Waals surface area contributed by atoms with E-state index in [0.29, 0.717) is 11.3 Å². The van der Waals surface area contributed by atoms with Gasteiger partial charge in [-0.05, 0) is 12.1 Å². The molecule has 0 spiro atoms. The van der Waals surface area contributed by atoms with E-state index >= 15 is 0 Å². The van der Waals surface area contributed by atoms with Gasteiger partial charge >= 0.3 is 0 Å². The van der Waals surface area contributed by atoms with Crippen LogP contribution >= 0.6 is 0 Å². The Labute approximate surface area is 88.9 Å². The van der Waals surface area contributed by atoms with E-state index in [0.717, 1.165) is 0 Å². The number of hydrogen-bond acceptors (Lipinski definition) is 2. The number of benzene rings is 1. The molecule has 1 rings (SSSR count). The van der Waals surface area contributed by atoms with Crippen molar-refractivity contribution in [2.75, 3.05) is 19.0 Å². The van der Waals surface area contributed by atoms with Gasteiger partial charge in [-0.2, -0.15) is 0 Å². The lowest BCUT2D eigenvalue weighted by molar-refractivity contribution is -0.116. The van der Waals surface area contributed by atoms with Gasteiger partial charge in [0, 0.05) is 21.0 Å². The highest BCUT2D eigenvalue weighted by atomic mass is 16.2. The van der Waals surface area contributed by atoms with Crippen molar-refractivity contribution in [1.29, 1.82) is 0 Å². The van der Waals surface area contributed by atoms with Crippen LogP contribution in [0.5, 0.6) is 0 Å². The lowest BCUT2D eigenvalue weighted by Crippen LogP contribution is -2.27. The number of hydrogen-bond donors (Lipinski definition) is 1. The molecule has 80 valence electrons. The maximum atomic E-state index is 11.5. The number of rotatable bonds is 2. The molecule has 1 aromatic rings. The van der Waals surface area contributed by atoms with Crippen LogP contribution in [-0.2, 0) is 4.79 Å². The van der Waals surface area contributed by atoms with Crippen LogP contribution in [0.25, 0.3) is 0 Å². The molecule has 0 atom stereocenters. The summed E-state index contributed by atoms with van der Waals surface area (Å²) in [6.07, 6.45) is 0. The molecule has 0 aliphatic rings. The van der Waals surface area contributed by atoms with E-state index in [2.05, 4.69) is 5.32 Å². The van der Waals surface area contributed by atoms with Crippen LogP contribution in [0.2, 0.25) is 0 Å². The number of nitrogens with zero attached hydrogens (tertiary/aromatic N) is 1. The van der Waals surface area contributed by atoms with E-state index in [1.807, 2.05) is 0 Å². The second kappa shape index (κ2) is 4.59. The van der Waals surface area contributed by atoms with Crippen molar-refractivity contribution in [1.82, 2.24) is 5.32 Å². The van der Waals surface area contributed by atoms with Crippen molar-refractivity contribution >= 4 is 17.5 Å². The Morgan fingerprint density at radius 3 is 2.40 bits per heavy atom. The van der Waals surface area contributed by atoms with Gasteiger partial charge in [0.05, 0.1) is 11.3 Å². The standard InChI is InChI=1S/C11H14N2O2/c1-8(14)13(3)10-7-5-4-6-9(10)11(15)12-2/h4-7H,1-3H3,(H,12,15). The smallest absolute Gasteiger partial charge is 0.253 e. The zero-order chi connectivity index (χ0) is 11.4. The summed E-state index contributed by atoms with van der Waals surface area (Å²) in [5, 5.41) is 2.54. The van der Waals surface area contributed by atoms with Gasteiger partial charge in [-0.1, -0.05) is 12.1 Å². The van der Waals surface area contributed by atoms with E-state index in [4.69, 9.17) is 0 Å². The molecular formula is C11H14N2O2. The predicted octanol–water partition coefficient (Wildman–Crippen LogP) is 1.03. The molecule has 1 N–H and O–H groups in total. The van der Waals surface area contributed by atoms with E-state index in [1.165, 1.54) is 11.8 Å². The minimum atomic E-state index is -0.196. The summed E-state index contributed by atoms with van der Waals surface area (Å²) in [5.41, 5.74) is 1.11. The van der Waals surface area contributed by atoms with Crippen molar-refractivity contribution in [2.45, 2.75) is 6.92 Å². The molecule has 0 aromatic heterocycles. The Morgan fingerprint density at radius 1 is 1.27 bits per heavy atom. The molecular weight excluding hydrogens is 192 g/mol. The molecule has 15 heavy (non-hydrogen) atoms. The van der Waals surface area contributed by atoms with Crippen LogP contribution in [0.1, 0.15) is 17.3 Å². The lowest BCUT2D eigenvalue weighted by Gasteiger charge is -2.18. The Balaban J connectivity index is 3.17. The summed E-state index contributed by atoms with van der Waals surface area (Å²) >= 11 is 0. The Bertz CT molecular complexity index is 388. The third-order valence-electron chi connectivity index (χ3n) is 2.21. The minimum absolute atomic E-state index is 0.105. The molecule has 4 nitrogen and oxygen atoms in total. The number of carbonyl (C=O) groups is 2. The normalized spacial score (nSPS) is 9.53. The fraction of sp³-hybridized carbons (Fsp3) is 0.273. The van der Waals surface area contributed by atoms with Crippen LogP contribution in [0.3, 0.4) is 0 Å². The molecule has 2 amide bonds. The number of anilines is 1. The molecule has 0 saturated heterocycles. The fourth-order valence-electron chi connectivity index (χ4n) is 1.26. The Hall–Kier alpha value is -1.84. The summed E-state index contributed by atoms with van der Waals surface area (Å²) in [4.78, 5) is 24.2. The first kappa shape index (κ1) is 11.2. The average Bonchev–Trinajstić information content (AvgIpc) is 2.27. The first-order valence-electron chi connectivity index (χ1n) is 4.63. The number of nitrogens with one attached hydrogen (secondary N) is 1. The highest BCUT2D eigenvalue weighted by molar-refractivity contribution is 6.03. The van der Waals surface area contributed by atoms with Crippen LogP contribution < -0.4 is 10.2 Å². The van der Waals surface area contributed by atoms with Gasteiger partial charge in [0.2, 0.25) is 5.91 Å². The SMILES string of the molecule is CNC(=O)c1ccccc1N(C)C(C)=O. The summed E-state index contributed by atoms with van der Waals surface area (Å²) in [7, 11) is 3.21. The second-order valence-electron chi connectivity index (χ2n) is 3.17. The van der Waals surface area contributed by atoms with Gasteiger partial charge < -0.3 is 10.2 Å². The van der Waals surface area contributed by atoms with Crippen molar-refractivity contribution < 1.29 is 9.59 Å². The molecule has 1 aromatic carbocycles. The van der Waals surface area contributed by atoms with Crippen LogP contribution in [0, 0.1) is 0 Å². The number of para-hydroxylation sites is 1. The summed E-state index contributed by atoms with van der Waals surface area (Å²) in [6, 6.07) is 6.99. The maximum absolute atomic E-state index is 11.5. The van der Waals surface area contributed by atoms with Crippen molar-refractivity contribution in [3.63, 3.8) is 0 Å². The Morgan fingerprint density at radius 2 is 1.87 bits per heavy atom. The maximum Gasteiger partial charge on any atom is 0.253 e. The summed E-state index contributed by atoms with van der Waals surface area (Å²) in [6.45, 7) is 1.46. The third-order valence-corrected chi connectivity index (χ3v) is 2.21. The van der Waals surface area contributed by atoms with Crippen LogP contribution in [0.15, 0.2) is 24.3 Å². The number of carbonyl (C=O) groups excluding carboxylic acids is 2. The van der Waals surface area contributed by atoms with E-state index in [-0.39, 0.29) is 11.8 Å². The number of amides is 2. The zero-order valence-electron chi connectivity index (χ0n) is 9.07. The average molecular weight is 206 g/mol. The molecule has 4 heteroatoms. The summed E-state index contributed by atoms with van der Waals surface area (Å²) < 4.78 is 0. The van der Waals surface area contributed by atoms with E-state index in [9.17, 15) is 9.59 Å².